The van der Waals surface area contributed by atoms with Crippen molar-refractivity contribution in [1.29, 1.82) is 0 Å². The second kappa shape index (κ2) is 6.74. The molecule has 0 bridgehead atoms. The summed E-state index contributed by atoms with van der Waals surface area (Å²) in [6, 6.07) is 7.74. The van der Waals surface area contributed by atoms with Crippen molar-refractivity contribution >= 4 is 44.8 Å². The fourth-order valence-electron chi connectivity index (χ4n) is 3.13. The molecule has 0 saturated heterocycles. The summed E-state index contributed by atoms with van der Waals surface area (Å²) >= 11 is 7.93. The minimum absolute atomic E-state index is 0.594. The van der Waals surface area contributed by atoms with Crippen LogP contribution in [0.1, 0.15) is 0 Å². The van der Waals surface area contributed by atoms with Gasteiger partial charge in [-0.15, -0.1) is 11.3 Å². The molecule has 0 aliphatic rings. The SMILES string of the molecule is Cn1cc(-c2cc(-c3ncccc3Cl)cc3c(Nc4nccs4)n[nH]c23)cn1. The molecule has 0 saturated carbocycles. The fourth-order valence-corrected chi connectivity index (χ4v) is 3.88. The lowest BCUT2D eigenvalue weighted by Crippen LogP contribution is -1.91. The topological polar surface area (TPSA) is 84.3 Å². The Balaban J connectivity index is 1.75. The minimum atomic E-state index is 0.594. The van der Waals surface area contributed by atoms with Gasteiger partial charge >= 0.3 is 0 Å². The molecule has 9 heteroatoms. The number of nitrogens with zero attached hydrogens (tertiary/aromatic N) is 5. The summed E-state index contributed by atoms with van der Waals surface area (Å²) in [6.07, 6.45) is 7.28. The van der Waals surface area contributed by atoms with Crippen LogP contribution in [0.5, 0.6) is 0 Å². The summed E-state index contributed by atoms with van der Waals surface area (Å²) < 4.78 is 1.77. The van der Waals surface area contributed by atoms with E-state index in [9.17, 15) is 0 Å². The van der Waals surface area contributed by atoms with Crippen molar-refractivity contribution in [2.24, 2.45) is 7.05 Å². The molecule has 0 unspecified atom stereocenters. The Hall–Kier alpha value is -3.23. The standard InChI is InChI=1S/C19H14ClN7S/c1-27-10-12(9-23-27)13-7-11(16-15(20)3-2-4-21-16)8-14-17(13)25-26-18(14)24-19-22-5-6-28-19/h2-10H,1H3,(H2,22,24,25,26). The number of hydrogen-bond donors (Lipinski definition) is 2. The van der Waals surface area contributed by atoms with Crippen molar-refractivity contribution < 1.29 is 0 Å². The van der Waals surface area contributed by atoms with Crippen molar-refractivity contribution in [3.8, 4) is 22.4 Å². The third kappa shape index (κ3) is 2.92. The molecule has 1 aromatic carbocycles. The van der Waals surface area contributed by atoms with Crippen molar-refractivity contribution in [1.82, 2.24) is 29.9 Å². The van der Waals surface area contributed by atoms with Crippen molar-refractivity contribution in [3.05, 3.63) is 59.5 Å². The maximum atomic E-state index is 6.41. The van der Waals surface area contributed by atoms with Crippen molar-refractivity contribution in [2.75, 3.05) is 5.32 Å². The van der Waals surface area contributed by atoms with E-state index < -0.39 is 0 Å². The number of halogens is 1. The highest BCUT2D eigenvalue weighted by molar-refractivity contribution is 7.13. The van der Waals surface area contributed by atoms with E-state index in [1.807, 2.05) is 43.0 Å². The van der Waals surface area contributed by atoms with E-state index >= 15 is 0 Å². The van der Waals surface area contributed by atoms with Gasteiger partial charge in [-0.25, -0.2) is 4.98 Å². The predicted octanol–water partition coefficient (Wildman–Crippen LogP) is 4.88. The van der Waals surface area contributed by atoms with E-state index in [-0.39, 0.29) is 0 Å². The van der Waals surface area contributed by atoms with Gasteiger partial charge < -0.3 is 5.32 Å². The lowest BCUT2D eigenvalue weighted by molar-refractivity contribution is 0.768. The number of rotatable bonds is 4. The van der Waals surface area contributed by atoms with E-state index in [1.165, 1.54) is 11.3 Å². The number of fused-ring (bicyclic) bond motifs is 1. The van der Waals surface area contributed by atoms with Gasteiger partial charge in [0.25, 0.3) is 0 Å². The van der Waals surface area contributed by atoms with Crippen LogP contribution in [0.25, 0.3) is 33.3 Å². The number of aryl methyl sites for hydroxylation is 1. The summed E-state index contributed by atoms with van der Waals surface area (Å²) in [4.78, 5) is 8.75. The number of aromatic amines is 1. The summed E-state index contributed by atoms with van der Waals surface area (Å²) in [6.45, 7) is 0. The van der Waals surface area contributed by atoms with E-state index in [0.717, 1.165) is 38.4 Å². The third-order valence-electron chi connectivity index (χ3n) is 4.38. The van der Waals surface area contributed by atoms with Crippen LogP contribution < -0.4 is 5.32 Å². The van der Waals surface area contributed by atoms with Gasteiger partial charge in [0.15, 0.2) is 10.9 Å². The Morgan fingerprint density at radius 1 is 1.18 bits per heavy atom. The summed E-state index contributed by atoms with van der Waals surface area (Å²) in [7, 11) is 1.89. The van der Waals surface area contributed by atoms with Crippen LogP contribution in [0, 0.1) is 0 Å². The smallest absolute Gasteiger partial charge is 0.188 e. The fraction of sp³-hybridized carbons (Fsp3) is 0.0526. The second-order valence-corrected chi connectivity index (χ2v) is 7.52. The summed E-state index contributed by atoms with van der Waals surface area (Å²) in [5.74, 6) is 0.698. The first-order valence-electron chi connectivity index (χ1n) is 8.47. The monoisotopic (exact) mass is 407 g/mol. The van der Waals surface area contributed by atoms with Crippen LogP contribution in [-0.2, 0) is 7.05 Å². The molecule has 5 aromatic rings. The molecule has 7 nitrogen and oxygen atoms in total. The molecule has 0 radical (unpaired) electrons. The molecule has 4 heterocycles. The minimum Gasteiger partial charge on any atom is -0.314 e. The van der Waals surface area contributed by atoms with Gasteiger partial charge in [0, 0.05) is 53.1 Å². The maximum absolute atomic E-state index is 6.41. The average Bonchev–Trinajstić information content (AvgIpc) is 3.44. The number of hydrogen-bond acceptors (Lipinski definition) is 6. The van der Waals surface area contributed by atoms with Gasteiger partial charge in [-0.05, 0) is 24.3 Å². The Bertz CT molecular complexity index is 1270. The molecule has 138 valence electrons. The number of aromatic nitrogens is 6. The normalized spacial score (nSPS) is 11.2. The zero-order chi connectivity index (χ0) is 19.1. The van der Waals surface area contributed by atoms with Crippen LogP contribution in [0.4, 0.5) is 10.9 Å². The van der Waals surface area contributed by atoms with Gasteiger partial charge in [-0.1, -0.05) is 11.6 Å². The Morgan fingerprint density at radius 3 is 2.86 bits per heavy atom. The zero-order valence-corrected chi connectivity index (χ0v) is 16.3. The molecule has 0 aliphatic heterocycles. The van der Waals surface area contributed by atoms with E-state index in [0.29, 0.717) is 10.8 Å². The maximum Gasteiger partial charge on any atom is 0.188 e. The molecule has 4 aromatic heterocycles. The molecule has 5 rings (SSSR count). The van der Waals surface area contributed by atoms with E-state index in [2.05, 4.69) is 36.6 Å². The average molecular weight is 408 g/mol. The number of nitrogens with one attached hydrogen (secondary N) is 2. The molecule has 0 spiro atoms. The molecule has 2 N–H and O–H groups in total. The number of anilines is 2. The molecular weight excluding hydrogens is 394 g/mol. The third-order valence-corrected chi connectivity index (χ3v) is 5.37. The van der Waals surface area contributed by atoms with Crippen molar-refractivity contribution in [2.45, 2.75) is 0 Å². The number of pyridine rings is 1. The van der Waals surface area contributed by atoms with Crippen LogP contribution >= 0.6 is 22.9 Å². The molecular formula is C19H14ClN7S. The number of benzene rings is 1. The largest absolute Gasteiger partial charge is 0.314 e. The van der Waals surface area contributed by atoms with Crippen LogP contribution in [0.2, 0.25) is 5.02 Å². The van der Waals surface area contributed by atoms with Gasteiger partial charge in [0.05, 0.1) is 22.4 Å². The summed E-state index contributed by atoms with van der Waals surface area (Å²) in [5.41, 5.74) is 4.48. The van der Waals surface area contributed by atoms with Gasteiger partial charge in [-0.2, -0.15) is 10.2 Å². The van der Waals surface area contributed by atoms with Gasteiger partial charge in [-0.3, -0.25) is 14.8 Å². The number of H-pyrrole nitrogens is 1. The lowest BCUT2D eigenvalue weighted by Gasteiger charge is -2.08. The molecule has 0 amide bonds. The van der Waals surface area contributed by atoms with Crippen LogP contribution in [0.3, 0.4) is 0 Å². The van der Waals surface area contributed by atoms with E-state index in [1.54, 1.807) is 17.1 Å². The predicted molar refractivity (Wildman–Crippen MR) is 112 cm³/mol. The second-order valence-electron chi connectivity index (χ2n) is 6.22. The van der Waals surface area contributed by atoms with E-state index in [4.69, 9.17) is 11.6 Å². The first kappa shape index (κ1) is 16.9. The van der Waals surface area contributed by atoms with Crippen LogP contribution in [0.15, 0.2) is 54.4 Å². The highest BCUT2D eigenvalue weighted by atomic mass is 35.5. The summed E-state index contributed by atoms with van der Waals surface area (Å²) in [5, 5.41) is 19.4. The molecule has 0 aliphatic carbocycles. The van der Waals surface area contributed by atoms with Crippen molar-refractivity contribution in [3.63, 3.8) is 0 Å². The molecule has 0 atom stereocenters. The highest BCUT2D eigenvalue weighted by Crippen LogP contribution is 2.37. The molecule has 0 fully saturated rings. The number of thiazole rings is 1. The lowest BCUT2D eigenvalue weighted by atomic mass is 10.00. The highest BCUT2D eigenvalue weighted by Gasteiger charge is 2.17. The molecule has 28 heavy (non-hydrogen) atoms. The first-order valence-corrected chi connectivity index (χ1v) is 9.73. The Labute approximate surface area is 169 Å². The Kier molecular flexibility index (Phi) is 4.07. The Morgan fingerprint density at radius 2 is 2.11 bits per heavy atom. The van der Waals surface area contributed by atoms with Gasteiger partial charge in [0.1, 0.15) is 0 Å². The first-order chi connectivity index (χ1) is 13.7. The quantitative estimate of drug-likeness (QED) is 0.443. The zero-order valence-electron chi connectivity index (χ0n) is 14.7. The van der Waals surface area contributed by atoms with Gasteiger partial charge in [0.2, 0.25) is 0 Å². The van der Waals surface area contributed by atoms with Crippen LogP contribution in [-0.4, -0.2) is 29.9 Å².